The Morgan fingerprint density at radius 2 is 2.04 bits per heavy atom. The summed E-state index contributed by atoms with van der Waals surface area (Å²) in [7, 11) is 0. The van der Waals surface area contributed by atoms with Crippen molar-refractivity contribution < 1.29 is 23.1 Å². The molecule has 6 nitrogen and oxygen atoms in total. The molecule has 0 spiro atoms. The largest absolute Gasteiger partial charge is 0.471 e. The number of ether oxygens (including phenoxy) is 1. The average molecular weight is 412 g/mol. The van der Waals surface area contributed by atoms with Crippen molar-refractivity contribution in [1.82, 2.24) is 15.3 Å². The van der Waals surface area contributed by atoms with E-state index in [4.69, 9.17) is 16.3 Å². The van der Waals surface area contributed by atoms with Gasteiger partial charge >= 0.3 is 0 Å². The number of Topliss-reactive ketones (excluding diaryl/α,β-unsaturated/α-hetero) is 1. The first-order chi connectivity index (χ1) is 13.3. The van der Waals surface area contributed by atoms with E-state index in [1.165, 1.54) is 18.5 Å². The molecular weight excluding hydrogens is 392 g/mol. The number of alkyl halides is 2. The number of nitrogens with one attached hydrogen (secondary N) is 1. The number of hydrogen-bond acceptors (Lipinski definition) is 5. The summed E-state index contributed by atoms with van der Waals surface area (Å²) in [6, 6.07) is 4.17. The van der Waals surface area contributed by atoms with Crippen LogP contribution in [0.1, 0.15) is 47.9 Å². The van der Waals surface area contributed by atoms with Crippen LogP contribution in [-0.2, 0) is 11.2 Å². The number of rotatable bonds is 9. The zero-order valence-electron chi connectivity index (χ0n) is 15.4. The number of carbonyl (C=O) groups excluding carboxylic acids is 2. The lowest BCUT2D eigenvalue weighted by Crippen LogP contribution is -2.27. The van der Waals surface area contributed by atoms with Gasteiger partial charge in [0.05, 0.1) is 6.04 Å². The predicted molar refractivity (Wildman–Crippen MR) is 99.9 cm³/mol. The van der Waals surface area contributed by atoms with Crippen LogP contribution in [-0.4, -0.2) is 34.7 Å². The van der Waals surface area contributed by atoms with Gasteiger partial charge in [0.1, 0.15) is 10.8 Å². The molecule has 0 saturated heterocycles. The third-order valence-corrected chi connectivity index (χ3v) is 4.14. The first-order valence-electron chi connectivity index (χ1n) is 8.64. The van der Waals surface area contributed by atoms with Crippen LogP contribution in [0.15, 0.2) is 30.6 Å². The molecule has 1 atom stereocenters. The molecule has 9 heteroatoms. The highest BCUT2D eigenvalue weighted by molar-refractivity contribution is 6.31. The summed E-state index contributed by atoms with van der Waals surface area (Å²) >= 11 is 6.01. The van der Waals surface area contributed by atoms with Crippen LogP contribution in [0.2, 0.25) is 5.02 Å². The van der Waals surface area contributed by atoms with Gasteiger partial charge in [0.2, 0.25) is 5.88 Å². The molecule has 0 radical (unpaired) electrons. The molecule has 0 aliphatic carbocycles. The first-order valence-corrected chi connectivity index (χ1v) is 9.01. The molecule has 0 aliphatic heterocycles. The maximum atomic E-state index is 12.5. The van der Waals surface area contributed by atoms with Crippen molar-refractivity contribution in [3.05, 3.63) is 52.4 Å². The van der Waals surface area contributed by atoms with E-state index in [0.29, 0.717) is 23.2 Å². The van der Waals surface area contributed by atoms with E-state index in [1.807, 2.05) is 0 Å². The first kappa shape index (κ1) is 21.7. The van der Waals surface area contributed by atoms with Crippen LogP contribution < -0.4 is 10.1 Å². The van der Waals surface area contributed by atoms with Crippen LogP contribution >= 0.6 is 11.6 Å². The van der Waals surface area contributed by atoms with Gasteiger partial charge in [-0.25, -0.2) is 13.8 Å². The zero-order chi connectivity index (χ0) is 20.7. The SMILES string of the molecule is CCC(=O)Cc1cc(C(=O)NC(C)c2cnc(OCC(F)F)c(Cl)c2)ccn1. The summed E-state index contributed by atoms with van der Waals surface area (Å²) in [5.41, 5.74) is 1.48. The molecule has 0 aliphatic rings. The van der Waals surface area contributed by atoms with Gasteiger partial charge in [0.25, 0.3) is 12.3 Å². The Hall–Kier alpha value is -2.61. The number of pyridine rings is 2. The van der Waals surface area contributed by atoms with E-state index in [1.54, 1.807) is 26.0 Å². The lowest BCUT2D eigenvalue weighted by Gasteiger charge is -2.15. The molecule has 1 N–H and O–H groups in total. The normalized spacial score (nSPS) is 11.9. The fraction of sp³-hybridized carbons (Fsp3) is 0.368. The average Bonchev–Trinajstić information content (AvgIpc) is 2.66. The van der Waals surface area contributed by atoms with Crippen molar-refractivity contribution in [2.75, 3.05) is 6.61 Å². The van der Waals surface area contributed by atoms with Gasteiger partial charge in [-0.3, -0.25) is 14.6 Å². The Labute approximate surface area is 166 Å². The zero-order valence-corrected chi connectivity index (χ0v) is 16.2. The van der Waals surface area contributed by atoms with Crippen LogP contribution in [0.4, 0.5) is 8.78 Å². The maximum Gasteiger partial charge on any atom is 0.272 e. The quantitative estimate of drug-likeness (QED) is 0.679. The minimum absolute atomic E-state index is 0.0355. The fourth-order valence-electron chi connectivity index (χ4n) is 2.33. The Bertz CT molecular complexity index is 849. The number of hydrogen-bond donors (Lipinski definition) is 1. The Morgan fingerprint density at radius 1 is 1.29 bits per heavy atom. The third kappa shape index (κ3) is 6.23. The van der Waals surface area contributed by atoms with Crippen LogP contribution in [0.3, 0.4) is 0 Å². The van der Waals surface area contributed by atoms with Crippen LogP contribution in [0.25, 0.3) is 0 Å². The third-order valence-electron chi connectivity index (χ3n) is 3.87. The van der Waals surface area contributed by atoms with Crippen molar-refractivity contribution in [2.45, 2.75) is 39.2 Å². The summed E-state index contributed by atoms with van der Waals surface area (Å²) in [5.74, 6) is -0.411. The summed E-state index contributed by atoms with van der Waals surface area (Å²) < 4.78 is 29.3. The molecule has 150 valence electrons. The van der Waals surface area contributed by atoms with Crippen molar-refractivity contribution in [3.8, 4) is 5.88 Å². The topological polar surface area (TPSA) is 81.2 Å². The van der Waals surface area contributed by atoms with E-state index in [9.17, 15) is 18.4 Å². The van der Waals surface area contributed by atoms with Crippen LogP contribution in [0.5, 0.6) is 5.88 Å². The summed E-state index contributed by atoms with van der Waals surface area (Å²) in [6.45, 7) is 2.69. The Morgan fingerprint density at radius 3 is 2.68 bits per heavy atom. The second-order valence-electron chi connectivity index (χ2n) is 6.06. The van der Waals surface area contributed by atoms with Crippen molar-refractivity contribution >= 4 is 23.3 Å². The van der Waals surface area contributed by atoms with E-state index >= 15 is 0 Å². The number of ketones is 1. The van der Waals surface area contributed by atoms with Gasteiger partial charge in [-0.2, -0.15) is 0 Å². The second kappa shape index (κ2) is 10.1. The van der Waals surface area contributed by atoms with Gasteiger partial charge in [-0.15, -0.1) is 0 Å². The molecule has 0 aromatic carbocycles. The van der Waals surface area contributed by atoms with Gasteiger partial charge in [-0.1, -0.05) is 18.5 Å². The number of carbonyl (C=O) groups is 2. The molecule has 0 fully saturated rings. The second-order valence-corrected chi connectivity index (χ2v) is 6.46. The van der Waals surface area contributed by atoms with Gasteiger partial charge < -0.3 is 10.1 Å². The summed E-state index contributed by atoms with van der Waals surface area (Å²) in [5, 5.41) is 2.87. The number of amides is 1. The highest BCUT2D eigenvalue weighted by Gasteiger charge is 2.16. The monoisotopic (exact) mass is 411 g/mol. The van der Waals surface area contributed by atoms with Crippen molar-refractivity contribution in [2.24, 2.45) is 0 Å². The molecule has 2 aromatic heterocycles. The minimum Gasteiger partial charge on any atom is -0.471 e. The number of halogens is 3. The Balaban J connectivity index is 2.05. The lowest BCUT2D eigenvalue weighted by atomic mass is 10.1. The van der Waals surface area contributed by atoms with Gasteiger partial charge in [0, 0.05) is 36.5 Å². The smallest absolute Gasteiger partial charge is 0.272 e. The molecule has 1 amide bonds. The number of nitrogens with zero attached hydrogens (tertiary/aromatic N) is 2. The summed E-state index contributed by atoms with van der Waals surface area (Å²) in [4.78, 5) is 32.1. The van der Waals surface area contributed by atoms with Crippen molar-refractivity contribution in [3.63, 3.8) is 0 Å². The van der Waals surface area contributed by atoms with Gasteiger partial charge in [-0.05, 0) is 30.7 Å². The van der Waals surface area contributed by atoms with Crippen LogP contribution in [0, 0.1) is 0 Å². The maximum absolute atomic E-state index is 12.5. The highest BCUT2D eigenvalue weighted by atomic mass is 35.5. The molecule has 2 aromatic rings. The van der Waals surface area contributed by atoms with E-state index in [0.717, 1.165) is 0 Å². The molecule has 1 unspecified atom stereocenters. The van der Waals surface area contributed by atoms with E-state index in [-0.39, 0.29) is 29.0 Å². The lowest BCUT2D eigenvalue weighted by molar-refractivity contribution is -0.118. The van der Waals surface area contributed by atoms with E-state index in [2.05, 4.69) is 15.3 Å². The molecule has 28 heavy (non-hydrogen) atoms. The highest BCUT2D eigenvalue weighted by Crippen LogP contribution is 2.25. The molecule has 0 saturated carbocycles. The fourth-order valence-corrected chi connectivity index (χ4v) is 2.56. The molecule has 2 rings (SSSR count). The minimum atomic E-state index is -2.63. The summed E-state index contributed by atoms with van der Waals surface area (Å²) in [6.07, 6.45) is 0.821. The van der Waals surface area contributed by atoms with Gasteiger partial charge in [0.15, 0.2) is 6.61 Å². The molecular formula is C19H20ClF2N3O3. The Kier molecular flexibility index (Phi) is 7.80. The predicted octanol–water partition coefficient (Wildman–Crippen LogP) is 3.79. The van der Waals surface area contributed by atoms with Crippen molar-refractivity contribution in [1.29, 1.82) is 0 Å². The molecule has 0 bridgehead atoms. The number of aromatic nitrogens is 2. The van der Waals surface area contributed by atoms with E-state index < -0.39 is 19.1 Å². The standard InChI is InChI=1S/C19H20ClF2N3O3/c1-3-15(26)8-14-6-12(4-5-23-14)18(27)25-11(2)13-7-16(20)19(24-9-13)28-10-17(21)22/h4-7,9,11,17H,3,8,10H2,1-2H3,(H,25,27). The molecule has 2 heterocycles.